The number of carbonyl (C=O) groups is 1. The number of hydrogen-bond donors (Lipinski definition) is 4. The van der Waals surface area contributed by atoms with Gasteiger partial charge in [-0.1, -0.05) is 18.2 Å². The summed E-state index contributed by atoms with van der Waals surface area (Å²) in [6.07, 6.45) is -3.94. The second kappa shape index (κ2) is 11.4. The third kappa shape index (κ3) is 6.81. The number of nitrogens with zero attached hydrogens (tertiary/aromatic N) is 2. The highest BCUT2D eigenvalue weighted by molar-refractivity contribution is 7.93. The van der Waals surface area contributed by atoms with E-state index in [-0.39, 0.29) is 30.2 Å². The Kier molecular flexibility index (Phi) is 8.21. The lowest BCUT2D eigenvalue weighted by Crippen LogP contribution is -2.38. The number of anilines is 3. The summed E-state index contributed by atoms with van der Waals surface area (Å²) in [7, 11) is -3.80. The zero-order chi connectivity index (χ0) is 27.3. The van der Waals surface area contributed by atoms with E-state index in [1.165, 1.54) is 12.1 Å². The predicted octanol–water partition coefficient (Wildman–Crippen LogP) is 3.61. The minimum atomic E-state index is -5.07. The number of rotatable bonds is 9. The molecule has 1 aliphatic heterocycles. The van der Waals surface area contributed by atoms with E-state index in [0.29, 0.717) is 48.2 Å². The van der Waals surface area contributed by atoms with Crippen molar-refractivity contribution in [2.24, 2.45) is 0 Å². The Hall–Kier alpha value is -3.65. The molecule has 0 aliphatic carbocycles. The summed E-state index contributed by atoms with van der Waals surface area (Å²) in [4.78, 5) is 19.9. The van der Waals surface area contributed by atoms with Gasteiger partial charge in [0.25, 0.3) is 0 Å². The second-order valence-corrected chi connectivity index (χ2v) is 10.7. The van der Waals surface area contributed by atoms with Crippen molar-refractivity contribution in [2.45, 2.75) is 37.1 Å². The van der Waals surface area contributed by atoms with Gasteiger partial charge in [-0.05, 0) is 62.5 Å². The fourth-order valence-corrected chi connectivity index (χ4v) is 5.45. The van der Waals surface area contributed by atoms with Crippen LogP contribution in [0.25, 0.3) is 11.0 Å². The Morgan fingerprint density at radius 1 is 1.08 bits per heavy atom. The summed E-state index contributed by atoms with van der Waals surface area (Å²) in [6.45, 7) is 0.686. The number of halogens is 3. The maximum Gasteiger partial charge on any atom is 0.490 e. The molecule has 4 N–H and O–H groups in total. The Bertz CT molecular complexity index is 1410. The Morgan fingerprint density at radius 2 is 1.74 bits per heavy atom. The standard InChI is InChI=1S/C24H26F3N5O5S/c25-24(26,27)23(34)37-13-3-4-15-7-8-16(33)14-20(15)31-21-22(30-19-6-2-1-5-18(19)29-21)32-38(35,36)17-9-11-28-12-10-17/h1-2,5-8,14,17,28,33H,3-4,9-13H2,(H,29,31)(H,30,32). The van der Waals surface area contributed by atoms with Gasteiger partial charge in [-0.15, -0.1) is 0 Å². The number of fused-ring (bicyclic) bond motifs is 1. The largest absolute Gasteiger partial charge is 0.508 e. The number of aromatic hydroxyl groups is 1. The van der Waals surface area contributed by atoms with E-state index < -0.39 is 34.0 Å². The van der Waals surface area contributed by atoms with Crippen LogP contribution >= 0.6 is 0 Å². The molecular formula is C24H26F3N5O5S. The van der Waals surface area contributed by atoms with Crippen LogP contribution in [0.3, 0.4) is 0 Å². The first-order valence-electron chi connectivity index (χ1n) is 11.8. The number of phenolic OH excluding ortho intramolecular Hbond substituents is 1. The first-order chi connectivity index (χ1) is 18.0. The fourth-order valence-electron chi connectivity index (χ4n) is 4.02. The van der Waals surface area contributed by atoms with Crippen LogP contribution in [0.5, 0.6) is 5.75 Å². The highest BCUT2D eigenvalue weighted by Crippen LogP contribution is 2.31. The molecule has 0 spiro atoms. The number of ether oxygens (including phenoxy) is 1. The fraction of sp³-hybridized carbons (Fsp3) is 0.375. The van der Waals surface area contributed by atoms with Crippen molar-refractivity contribution >= 4 is 44.3 Å². The van der Waals surface area contributed by atoms with Gasteiger partial charge in [-0.25, -0.2) is 23.2 Å². The molecule has 2 heterocycles. The van der Waals surface area contributed by atoms with E-state index in [0.717, 1.165) is 0 Å². The van der Waals surface area contributed by atoms with E-state index in [1.54, 1.807) is 30.3 Å². The van der Waals surface area contributed by atoms with Crippen molar-refractivity contribution in [3.63, 3.8) is 0 Å². The van der Waals surface area contributed by atoms with Crippen molar-refractivity contribution in [1.29, 1.82) is 0 Å². The van der Waals surface area contributed by atoms with Gasteiger partial charge in [0.15, 0.2) is 11.6 Å². The Labute approximate surface area is 216 Å². The molecule has 0 unspecified atom stereocenters. The maximum absolute atomic E-state index is 13.1. The van der Waals surface area contributed by atoms with E-state index in [9.17, 15) is 31.5 Å². The summed E-state index contributed by atoms with van der Waals surface area (Å²) in [5.41, 5.74) is 1.84. The van der Waals surface area contributed by atoms with Crippen molar-refractivity contribution in [3.8, 4) is 5.75 Å². The molecule has 1 fully saturated rings. The molecule has 204 valence electrons. The van der Waals surface area contributed by atoms with E-state index in [4.69, 9.17) is 0 Å². The summed E-state index contributed by atoms with van der Waals surface area (Å²) in [6, 6.07) is 11.2. The number of aromatic nitrogens is 2. The van der Waals surface area contributed by atoms with E-state index in [2.05, 4.69) is 30.1 Å². The first-order valence-corrected chi connectivity index (χ1v) is 13.4. The zero-order valence-electron chi connectivity index (χ0n) is 20.1. The van der Waals surface area contributed by atoms with Crippen LogP contribution in [-0.4, -0.2) is 60.6 Å². The Morgan fingerprint density at radius 3 is 2.39 bits per heavy atom. The zero-order valence-corrected chi connectivity index (χ0v) is 20.9. The highest BCUT2D eigenvalue weighted by atomic mass is 32.2. The molecule has 10 nitrogen and oxygen atoms in total. The lowest BCUT2D eigenvalue weighted by atomic mass is 10.1. The molecule has 0 saturated carbocycles. The van der Waals surface area contributed by atoms with Crippen LogP contribution in [0.1, 0.15) is 24.8 Å². The number of phenols is 1. The van der Waals surface area contributed by atoms with Gasteiger partial charge >= 0.3 is 12.1 Å². The molecule has 2 aromatic carbocycles. The number of sulfonamides is 1. The van der Waals surface area contributed by atoms with Gasteiger partial charge in [0, 0.05) is 11.8 Å². The molecule has 4 rings (SSSR count). The molecule has 14 heteroatoms. The molecule has 0 bridgehead atoms. The summed E-state index contributed by atoms with van der Waals surface area (Å²) in [5, 5.41) is 15.6. The van der Waals surface area contributed by atoms with Crippen LogP contribution in [-0.2, 0) is 26.0 Å². The molecule has 38 heavy (non-hydrogen) atoms. The summed E-state index contributed by atoms with van der Waals surface area (Å²) < 4.78 is 70.1. The van der Waals surface area contributed by atoms with Gasteiger partial charge < -0.3 is 20.5 Å². The third-order valence-electron chi connectivity index (χ3n) is 5.94. The molecule has 1 aromatic heterocycles. The SMILES string of the molecule is O=C(OCCCc1ccc(O)cc1Nc1nc2ccccc2nc1NS(=O)(=O)C1CCNCC1)C(F)(F)F. The van der Waals surface area contributed by atoms with Crippen molar-refractivity contribution < 1.29 is 36.2 Å². The van der Waals surface area contributed by atoms with E-state index in [1.807, 2.05) is 0 Å². The topological polar surface area (TPSA) is 143 Å². The second-order valence-electron chi connectivity index (χ2n) is 8.71. The molecular weight excluding hydrogens is 527 g/mol. The van der Waals surface area contributed by atoms with Gasteiger partial charge in [0.05, 0.1) is 22.9 Å². The highest BCUT2D eigenvalue weighted by Gasteiger charge is 2.40. The molecule has 0 atom stereocenters. The smallest absolute Gasteiger partial charge is 0.490 e. The van der Waals surface area contributed by atoms with Crippen molar-refractivity contribution in [2.75, 3.05) is 29.7 Å². The van der Waals surface area contributed by atoms with Gasteiger partial charge in [-0.2, -0.15) is 13.2 Å². The van der Waals surface area contributed by atoms with Crippen molar-refractivity contribution in [3.05, 3.63) is 48.0 Å². The van der Waals surface area contributed by atoms with Crippen LogP contribution in [0, 0.1) is 0 Å². The lowest BCUT2D eigenvalue weighted by molar-refractivity contribution is -0.199. The number of carbonyl (C=O) groups excluding carboxylic acids is 1. The summed E-state index contributed by atoms with van der Waals surface area (Å²) in [5.74, 6) is -2.32. The number of benzene rings is 2. The van der Waals surface area contributed by atoms with Crippen LogP contribution < -0.4 is 15.4 Å². The number of hydrogen-bond acceptors (Lipinski definition) is 9. The number of esters is 1. The van der Waals surface area contributed by atoms with Gasteiger partial charge in [0.2, 0.25) is 10.0 Å². The van der Waals surface area contributed by atoms with Crippen molar-refractivity contribution in [1.82, 2.24) is 15.3 Å². The molecule has 1 saturated heterocycles. The van der Waals surface area contributed by atoms with Crippen LogP contribution in [0.2, 0.25) is 0 Å². The molecule has 0 amide bonds. The average Bonchev–Trinajstić information content (AvgIpc) is 2.87. The minimum Gasteiger partial charge on any atom is -0.508 e. The van der Waals surface area contributed by atoms with Crippen LogP contribution in [0.15, 0.2) is 42.5 Å². The average molecular weight is 554 g/mol. The monoisotopic (exact) mass is 553 g/mol. The van der Waals surface area contributed by atoms with Gasteiger partial charge in [-0.3, -0.25) is 4.72 Å². The number of aryl methyl sites for hydroxylation is 1. The number of nitrogens with one attached hydrogen (secondary N) is 3. The number of alkyl halides is 3. The third-order valence-corrected chi connectivity index (χ3v) is 7.76. The normalized spacial score (nSPS) is 14.8. The predicted molar refractivity (Wildman–Crippen MR) is 135 cm³/mol. The molecule has 1 aliphatic rings. The number of para-hydroxylation sites is 2. The molecule has 3 aromatic rings. The van der Waals surface area contributed by atoms with E-state index >= 15 is 0 Å². The Balaban J connectivity index is 1.59. The maximum atomic E-state index is 13.1. The summed E-state index contributed by atoms with van der Waals surface area (Å²) >= 11 is 0. The van der Waals surface area contributed by atoms with Gasteiger partial charge in [0.1, 0.15) is 5.75 Å². The lowest BCUT2D eigenvalue weighted by Gasteiger charge is -2.23. The van der Waals surface area contributed by atoms with Crippen LogP contribution in [0.4, 0.5) is 30.5 Å². The quantitative estimate of drug-likeness (QED) is 0.231. The number of piperidine rings is 1. The minimum absolute atomic E-state index is 0.0318. The molecule has 0 radical (unpaired) electrons. The first kappa shape index (κ1) is 27.4.